The van der Waals surface area contributed by atoms with Crippen molar-refractivity contribution in [2.75, 3.05) is 14.2 Å². The van der Waals surface area contributed by atoms with Gasteiger partial charge in [-0.3, -0.25) is 9.97 Å². The van der Waals surface area contributed by atoms with Crippen molar-refractivity contribution in [1.29, 1.82) is 0 Å². The van der Waals surface area contributed by atoms with Crippen LogP contribution in [0.3, 0.4) is 0 Å². The summed E-state index contributed by atoms with van der Waals surface area (Å²) >= 11 is 0. The summed E-state index contributed by atoms with van der Waals surface area (Å²) in [5.41, 5.74) is 4.01. The topological polar surface area (TPSA) is 77.3 Å². The Morgan fingerprint density at radius 2 is 1.81 bits per heavy atom. The van der Waals surface area contributed by atoms with Gasteiger partial charge in [-0.1, -0.05) is 29.8 Å². The molecule has 0 aliphatic rings. The molecular formula is C21H18N2O4. The van der Waals surface area contributed by atoms with Crippen LogP contribution in [0.4, 0.5) is 0 Å². The summed E-state index contributed by atoms with van der Waals surface area (Å²) in [4.78, 5) is 19.2. The molecule has 0 spiro atoms. The summed E-state index contributed by atoms with van der Waals surface area (Å²) in [6.45, 7) is 2.01. The number of hydrogen-bond acceptors (Lipinski definition) is 5. The molecule has 0 unspecified atom stereocenters. The summed E-state index contributed by atoms with van der Waals surface area (Å²) in [7, 11) is 3.17. The fourth-order valence-electron chi connectivity index (χ4n) is 3.11. The van der Waals surface area contributed by atoms with Gasteiger partial charge >= 0.3 is 5.76 Å². The van der Waals surface area contributed by atoms with Gasteiger partial charge < -0.3 is 13.9 Å². The second-order valence-electron chi connectivity index (χ2n) is 6.17. The Labute approximate surface area is 155 Å². The molecule has 1 N–H and O–H groups in total. The van der Waals surface area contributed by atoms with Crippen molar-refractivity contribution < 1.29 is 13.9 Å². The lowest BCUT2D eigenvalue weighted by Crippen LogP contribution is -1.94. The van der Waals surface area contributed by atoms with E-state index in [1.807, 2.05) is 43.3 Å². The predicted octanol–water partition coefficient (Wildman–Crippen LogP) is 4.18. The third kappa shape index (κ3) is 2.95. The van der Waals surface area contributed by atoms with Gasteiger partial charge in [0.2, 0.25) is 0 Å². The second-order valence-corrected chi connectivity index (χ2v) is 6.17. The maximum Gasteiger partial charge on any atom is 0.417 e. The Kier molecular flexibility index (Phi) is 4.16. The quantitative estimate of drug-likeness (QED) is 0.589. The van der Waals surface area contributed by atoms with E-state index in [4.69, 9.17) is 13.9 Å². The van der Waals surface area contributed by atoms with Gasteiger partial charge in [0.15, 0.2) is 5.76 Å². The lowest BCUT2D eigenvalue weighted by molar-refractivity contribution is 0.397. The minimum atomic E-state index is -0.514. The number of ether oxygens (including phenoxy) is 2. The number of aromatic amines is 1. The van der Waals surface area contributed by atoms with Crippen molar-refractivity contribution >= 4 is 10.9 Å². The first-order chi connectivity index (χ1) is 13.1. The van der Waals surface area contributed by atoms with E-state index in [0.29, 0.717) is 28.5 Å². The van der Waals surface area contributed by atoms with Crippen LogP contribution in [0, 0.1) is 6.92 Å². The number of nitrogens with one attached hydrogen (secondary N) is 1. The third-order valence-corrected chi connectivity index (χ3v) is 4.47. The molecule has 0 radical (unpaired) electrons. The summed E-state index contributed by atoms with van der Waals surface area (Å²) in [5.74, 6) is 1.15. The largest absolute Gasteiger partial charge is 0.497 e. The number of nitrogens with zero attached hydrogens (tertiary/aromatic N) is 1. The van der Waals surface area contributed by atoms with Crippen molar-refractivity contribution in [3.63, 3.8) is 0 Å². The number of benzene rings is 2. The number of rotatable bonds is 4. The zero-order chi connectivity index (χ0) is 19.0. The second kappa shape index (κ2) is 6.64. The van der Waals surface area contributed by atoms with E-state index < -0.39 is 5.76 Å². The van der Waals surface area contributed by atoms with Crippen molar-refractivity contribution in [1.82, 2.24) is 9.97 Å². The fourth-order valence-corrected chi connectivity index (χ4v) is 3.11. The highest BCUT2D eigenvalue weighted by molar-refractivity contribution is 5.99. The van der Waals surface area contributed by atoms with Crippen molar-refractivity contribution in [2.24, 2.45) is 0 Å². The Morgan fingerprint density at radius 1 is 1.04 bits per heavy atom. The van der Waals surface area contributed by atoms with Crippen LogP contribution in [0.2, 0.25) is 0 Å². The van der Waals surface area contributed by atoms with Gasteiger partial charge in [-0.15, -0.1) is 0 Å². The number of pyridine rings is 1. The number of methoxy groups -OCH3 is 2. The van der Waals surface area contributed by atoms with Crippen LogP contribution in [-0.2, 0) is 0 Å². The zero-order valence-corrected chi connectivity index (χ0v) is 15.2. The minimum absolute atomic E-state index is 0.451. The van der Waals surface area contributed by atoms with E-state index in [2.05, 4.69) is 9.97 Å². The van der Waals surface area contributed by atoms with Crippen LogP contribution in [0.25, 0.3) is 33.5 Å². The number of aromatic nitrogens is 2. The molecular weight excluding hydrogens is 344 g/mol. The van der Waals surface area contributed by atoms with Gasteiger partial charge in [0, 0.05) is 28.8 Å². The van der Waals surface area contributed by atoms with Crippen LogP contribution in [-0.4, -0.2) is 24.2 Å². The first kappa shape index (κ1) is 16.9. The van der Waals surface area contributed by atoms with Gasteiger partial charge in [-0.2, -0.15) is 0 Å². The average Bonchev–Trinajstić information content (AvgIpc) is 3.08. The lowest BCUT2D eigenvalue weighted by atomic mass is 10.0. The molecule has 6 heteroatoms. The molecule has 0 bridgehead atoms. The maximum absolute atomic E-state index is 12.0. The third-order valence-electron chi connectivity index (χ3n) is 4.47. The summed E-state index contributed by atoms with van der Waals surface area (Å²) in [6, 6.07) is 13.3. The number of aryl methyl sites for hydroxylation is 1. The molecule has 0 fully saturated rings. The Balaban J connectivity index is 2.01. The number of fused-ring (bicyclic) bond motifs is 1. The number of oxazole rings is 1. The standard InChI is InChI=1S/C21H18N2O4/c1-12-4-6-13(7-5-12)18-20(27-21(24)23-18)15-8-9-22-19-16(15)10-14(25-2)11-17(19)26-3/h4-11H,1-3H3,(H,23,24). The Hall–Kier alpha value is -3.54. The number of H-pyrrole nitrogens is 1. The molecule has 2 heterocycles. The fraction of sp³-hybridized carbons (Fsp3) is 0.143. The molecule has 0 aliphatic heterocycles. The summed E-state index contributed by atoms with van der Waals surface area (Å²) in [6.07, 6.45) is 1.67. The highest BCUT2D eigenvalue weighted by Crippen LogP contribution is 2.38. The van der Waals surface area contributed by atoms with Gasteiger partial charge in [0.05, 0.1) is 19.9 Å². The molecule has 2 aromatic heterocycles. The van der Waals surface area contributed by atoms with Crippen LogP contribution in [0.5, 0.6) is 11.5 Å². The van der Waals surface area contributed by atoms with E-state index in [1.54, 1.807) is 26.5 Å². The van der Waals surface area contributed by atoms with Crippen molar-refractivity contribution in [3.8, 4) is 34.1 Å². The first-order valence-electron chi connectivity index (χ1n) is 8.42. The molecule has 0 atom stereocenters. The normalized spacial score (nSPS) is 10.9. The smallest absolute Gasteiger partial charge is 0.417 e. The van der Waals surface area contributed by atoms with E-state index in [-0.39, 0.29) is 0 Å². The van der Waals surface area contributed by atoms with Gasteiger partial charge in [-0.25, -0.2) is 4.79 Å². The molecule has 0 saturated carbocycles. The monoisotopic (exact) mass is 362 g/mol. The lowest BCUT2D eigenvalue weighted by Gasteiger charge is -2.11. The highest BCUT2D eigenvalue weighted by Gasteiger charge is 2.19. The molecule has 136 valence electrons. The van der Waals surface area contributed by atoms with Crippen LogP contribution >= 0.6 is 0 Å². The molecule has 27 heavy (non-hydrogen) atoms. The molecule has 0 saturated heterocycles. The molecule has 4 rings (SSSR count). The summed E-state index contributed by atoms with van der Waals surface area (Å²) < 4.78 is 16.4. The average molecular weight is 362 g/mol. The summed E-state index contributed by atoms with van der Waals surface area (Å²) in [5, 5.41) is 0.768. The molecule has 2 aromatic carbocycles. The van der Waals surface area contributed by atoms with Crippen LogP contribution in [0.1, 0.15) is 5.56 Å². The molecule has 0 amide bonds. The molecule has 0 aliphatic carbocycles. The predicted molar refractivity (Wildman–Crippen MR) is 103 cm³/mol. The van der Waals surface area contributed by atoms with Crippen LogP contribution < -0.4 is 15.2 Å². The van der Waals surface area contributed by atoms with E-state index >= 15 is 0 Å². The Bertz CT molecular complexity index is 1170. The maximum atomic E-state index is 12.0. The molecule has 4 aromatic rings. The van der Waals surface area contributed by atoms with Crippen LogP contribution in [0.15, 0.2) is 57.9 Å². The van der Waals surface area contributed by atoms with Crippen molar-refractivity contribution in [3.05, 3.63) is 64.8 Å². The van der Waals surface area contributed by atoms with Crippen molar-refractivity contribution in [2.45, 2.75) is 6.92 Å². The highest BCUT2D eigenvalue weighted by atomic mass is 16.5. The van der Waals surface area contributed by atoms with E-state index in [9.17, 15) is 4.79 Å². The Morgan fingerprint density at radius 3 is 2.52 bits per heavy atom. The zero-order valence-electron chi connectivity index (χ0n) is 15.2. The van der Waals surface area contributed by atoms with E-state index in [0.717, 1.165) is 22.1 Å². The first-order valence-corrected chi connectivity index (χ1v) is 8.42. The molecule has 6 nitrogen and oxygen atoms in total. The van der Waals surface area contributed by atoms with E-state index in [1.165, 1.54) is 0 Å². The number of hydrogen-bond donors (Lipinski definition) is 1. The van der Waals surface area contributed by atoms with Gasteiger partial charge in [0.25, 0.3) is 0 Å². The minimum Gasteiger partial charge on any atom is -0.497 e. The SMILES string of the molecule is COc1cc(OC)c2nccc(-c3oc(=O)[nH]c3-c3ccc(C)cc3)c2c1. The van der Waals surface area contributed by atoms with Gasteiger partial charge in [-0.05, 0) is 19.1 Å². The van der Waals surface area contributed by atoms with Gasteiger partial charge in [0.1, 0.15) is 17.0 Å².